The van der Waals surface area contributed by atoms with Crippen LogP contribution >= 0.6 is 0 Å². The van der Waals surface area contributed by atoms with Crippen molar-refractivity contribution in [3.63, 3.8) is 0 Å². The molecule has 0 aliphatic heterocycles. The Morgan fingerprint density at radius 3 is 2.76 bits per heavy atom. The average molecular weight is 285 g/mol. The van der Waals surface area contributed by atoms with Crippen molar-refractivity contribution in [2.24, 2.45) is 0 Å². The van der Waals surface area contributed by atoms with E-state index in [1.165, 1.54) is 13.2 Å². The molecule has 106 valence electrons. The van der Waals surface area contributed by atoms with Crippen molar-refractivity contribution in [1.29, 1.82) is 0 Å². The fraction of sp³-hybridized carbons (Fsp3) is 0.0667. The molecule has 0 unspecified atom stereocenters. The number of hydrogen-bond acceptors (Lipinski definition) is 5. The Kier molecular flexibility index (Phi) is 3.27. The summed E-state index contributed by atoms with van der Waals surface area (Å²) in [4.78, 5) is 4.20. The summed E-state index contributed by atoms with van der Waals surface area (Å²) in [6, 6.07) is 9.81. The molecule has 0 radical (unpaired) electrons. The first-order valence-electron chi connectivity index (χ1n) is 6.21. The average Bonchev–Trinajstić information content (AvgIpc) is 2.89. The van der Waals surface area contributed by atoms with Crippen molar-refractivity contribution < 1.29 is 13.7 Å². The van der Waals surface area contributed by atoms with Gasteiger partial charge in [0.2, 0.25) is 0 Å². The van der Waals surface area contributed by atoms with E-state index in [-0.39, 0.29) is 17.1 Å². The first-order chi connectivity index (χ1) is 10.2. The number of nitrogens with two attached hydrogens (primary N) is 1. The maximum absolute atomic E-state index is 14.2. The number of halogens is 1. The van der Waals surface area contributed by atoms with Crippen molar-refractivity contribution in [3.05, 3.63) is 48.4 Å². The number of ether oxygens (including phenoxy) is 1. The Balaban J connectivity index is 2.17. The largest absolute Gasteiger partial charge is 0.497 e. The molecule has 0 spiro atoms. The SMILES string of the molecule is COc1ccc(-c2onc(N)c2-c2ccccn2)c(F)c1. The minimum absolute atomic E-state index is 0.166. The minimum Gasteiger partial charge on any atom is -0.497 e. The molecule has 6 heteroatoms. The number of nitrogen functional groups attached to an aromatic ring is 1. The highest BCUT2D eigenvalue weighted by Crippen LogP contribution is 2.37. The second-order valence-electron chi connectivity index (χ2n) is 4.33. The fourth-order valence-corrected chi connectivity index (χ4v) is 2.05. The molecule has 1 aromatic carbocycles. The smallest absolute Gasteiger partial charge is 0.181 e. The van der Waals surface area contributed by atoms with E-state index >= 15 is 0 Å². The third-order valence-corrected chi connectivity index (χ3v) is 3.06. The van der Waals surface area contributed by atoms with Crippen LogP contribution in [0.5, 0.6) is 5.75 Å². The predicted octanol–water partition coefficient (Wildman–Crippen LogP) is 3.13. The lowest BCUT2D eigenvalue weighted by molar-refractivity contribution is 0.410. The van der Waals surface area contributed by atoms with Gasteiger partial charge in [-0.3, -0.25) is 4.98 Å². The number of nitrogens with zero attached hydrogens (tertiary/aromatic N) is 2. The van der Waals surface area contributed by atoms with Gasteiger partial charge in [0.05, 0.1) is 23.9 Å². The van der Waals surface area contributed by atoms with E-state index < -0.39 is 5.82 Å². The molecule has 2 N–H and O–H groups in total. The van der Waals surface area contributed by atoms with Gasteiger partial charge in [-0.05, 0) is 24.3 Å². The van der Waals surface area contributed by atoms with Gasteiger partial charge in [0.1, 0.15) is 11.6 Å². The standard InChI is InChI=1S/C15H12FN3O2/c1-20-9-5-6-10(11(16)8-9)14-13(15(17)19-21-14)12-4-2-3-7-18-12/h2-8H,1H3,(H2,17,19). The monoisotopic (exact) mass is 285 g/mol. The number of aromatic nitrogens is 2. The summed E-state index contributed by atoms with van der Waals surface area (Å²) in [6.07, 6.45) is 1.62. The van der Waals surface area contributed by atoms with Crippen molar-refractivity contribution >= 4 is 5.82 Å². The van der Waals surface area contributed by atoms with Crippen molar-refractivity contribution in [1.82, 2.24) is 10.1 Å². The second-order valence-corrected chi connectivity index (χ2v) is 4.33. The normalized spacial score (nSPS) is 10.6. The zero-order valence-corrected chi connectivity index (χ0v) is 11.2. The van der Waals surface area contributed by atoms with Gasteiger partial charge >= 0.3 is 0 Å². The van der Waals surface area contributed by atoms with Crippen LogP contribution in [0.15, 0.2) is 47.1 Å². The van der Waals surface area contributed by atoms with E-state index in [1.807, 2.05) is 6.07 Å². The van der Waals surface area contributed by atoms with Crippen LogP contribution < -0.4 is 10.5 Å². The number of anilines is 1. The summed E-state index contributed by atoms with van der Waals surface area (Å²) in [5.41, 5.74) is 7.12. The van der Waals surface area contributed by atoms with Gasteiger partial charge in [-0.2, -0.15) is 0 Å². The van der Waals surface area contributed by atoms with Crippen LogP contribution in [0.3, 0.4) is 0 Å². The second kappa shape index (κ2) is 5.24. The van der Waals surface area contributed by atoms with E-state index in [9.17, 15) is 4.39 Å². The van der Waals surface area contributed by atoms with Crippen LogP contribution in [0.2, 0.25) is 0 Å². The summed E-state index contributed by atoms with van der Waals surface area (Å²) < 4.78 is 24.4. The highest BCUT2D eigenvalue weighted by atomic mass is 19.1. The Morgan fingerprint density at radius 1 is 1.24 bits per heavy atom. The molecule has 3 rings (SSSR count). The van der Waals surface area contributed by atoms with Crippen molar-refractivity contribution in [2.75, 3.05) is 12.8 Å². The van der Waals surface area contributed by atoms with Gasteiger partial charge in [0.25, 0.3) is 0 Å². The summed E-state index contributed by atoms with van der Waals surface area (Å²) in [5, 5.41) is 3.72. The molecular weight excluding hydrogens is 273 g/mol. The molecule has 21 heavy (non-hydrogen) atoms. The maximum atomic E-state index is 14.2. The zero-order valence-electron chi connectivity index (χ0n) is 11.2. The molecule has 0 aliphatic carbocycles. The minimum atomic E-state index is -0.484. The third-order valence-electron chi connectivity index (χ3n) is 3.06. The molecule has 2 aromatic heterocycles. The molecule has 0 aliphatic rings. The van der Waals surface area contributed by atoms with E-state index in [0.29, 0.717) is 17.0 Å². The molecule has 0 saturated carbocycles. The van der Waals surface area contributed by atoms with Crippen molar-refractivity contribution in [3.8, 4) is 28.3 Å². The van der Waals surface area contributed by atoms with Crippen LogP contribution in [0.1, 0.15) is 0 Å². The number of rotatable bonds is 3. The third kappa shape index (κ3) is 2.31. The Labute approximate surface area is 120 Å². The number of benzene rings is 1. The van der Waals surface area contributed by atoms with Crippen molar-refractivity contribution in [2.45, 2.75) is 0 Å². The Hall–Kier alpha value is -2.89. The highest BCUT2D eigenvalue weighted by Gasteiger charge is 2.21. The topological polar surface area (TPSA) is 74.2 Å². The predicted molar refractivity (Wildman–Crippen MR) is 76.1 cm³/mol. The lowest BCUT2D eigenvalue weighted by Gasteiger charge is -2.05. The Bertz CT molecular complexity index is 772. The highest BCUT2D eigenvalue weighted by molar-refractivity contribution is 5.85. The molecule has 0 amide bonds. The Morgan fingerprint density at radius 2 is 2.10 bits per heavy atom. The summed E-state index contributed by atoms with van der Waals surface area (Å²) >= 11 is 0. The van der Waals surface area contributed by atoms with Crippen LogP contribution in [0, 0.1) is 5.82 Å². The quantitative estimate of drug-likeness (QED) is 0.800. The molecule has 2 heterocycles. The van der Waals surface area contributed by atoms with Gasteiger partial charge in [0.15, 0.2) is 11.6 Å². The number of hydrogen-bond donors (Lipinski definition) is 1. The molecular formula is C15H12FN3O2. The van der Waals surface area contributed by atoms with Gasteiger partial charge in [-0.15, -0.1) is 0 Å². The van der Waals surface area contributed by atoms with Gasteiger partial charge in [0, 0.05) is 12.3 Å². The summed E-state index contributed by atoms with van der Waals surface area (Å²) in [5.74, 6) is 0.344. The van der Waals surface area contributed by atoms with E-state index in [2.05, 4.69) is 10.1 Å². The van der Waals surface area contributed by atoms with E-state index in [4.69, 9.17) is 15.0 Å². The molecule has 0 fully saturated rings. The van der Waals surface area contributed by atoms with Gasteiger partial charge in [-0.25, -0.2) is 4.39 Å². The number of pyridine rings is 1. The lowest BCUT2D eigenvalue weighted by atomic mass is 10.0. The van der Waals surface area contributed by atoms with Crippen LogP contribution in [0.25, 0.3) is 22.6 Å². The fourth-order valence-electron chi connectivity index (χ4n) is 2.05. The van der Waals surface area contributed by atoms with E-state index in [1.54, 1.807) is 30.5 Å². The van der Waals surface area contributed by atoms with Crippen LogP contribution in [-0.4, -0.2) is 17.3 Å². The van der Waals surface area contributed by atoms with Crippen LogP contribution in [-0.2, 0) is 0 Å². The molecule has 0 atom stereocenters. The molecule has 3 aromatic rings. The first-order valence-corrected chi connectivity index (χ1v) is 6.21. The summed E-state index contributed by atoms with van der Waals surface area (Å²) in [7, 11) is 1.47. The summed E-state index contributed by atoms with van der Waals surface area (Å²) in [6.45, 7) is 0. The van der Waals surface area contributed by atoms with Gasteiger partial charge in [-0.1, -0.05) is 11.2 Å². The van der Waals surface area contributed by atoms with E-state index in [0.717, 1.165) is 0 Å². The maximum Gasteiger partial charge on any atom is 0.181 e. The molecule has 0 bridgehead atoms. The number of methoxy groups -OCH3 is 1. The first kappa shape index (κ1) is 13.1. The van der Waals surface area contributed by atoms with Crippen LogP contribution in [0.4, 0.5) is 10.2 Å². The zero-order chi connectivity index (χ0) is 14.8. The molecule has 5 nitrogen and oxygen atoms in total. The van der Waals surface area contributed by atoms with Gasteiger partial charge < -0.3 is 15.0 Å². The molecule has 0 saturated heterocycles. The lowest BCUT2D eigenvalue weighted by Crippen LogP contribution is -1.92.